The Labute approximate surface area is 179 Å². The molecule has 2 N–H and O–H groups in total. The highest BCUT2D eigenvalue weighted by Crippen LogP contribution is 2.36. The minimum atomic E-state index is -3.69. The Hall–Kier alpha value is -3.09. The van der Waals surface area contributed by atoms with Crippen LogP contribution in [0, 0.1) is 11.3 Å². The summed E-state index contributed by atoms with van der Waals surface area (Å²) < 4.78 is 50.9. The molecule has 0 saturated heterocycles. The number of nitrogens with zero attached hydrogens (tertiary/aromatic N) is 1. The molecule has 0 aliphatic heterocycles. The summed E-state index contributed by atoms with van der Waals surface area (Å²) in [6.07, 6.45) is -0.995. The van der Waals surface area contributed by atoms with Crippen LogP contribution in [0.25, 0.3) is 0 Å². The van der Waals surface area contributed by atoms with Gasteiger partial charge in [-0.05, 0) is 43.3 Å². The molecular weight excluding hydrogens is 424 g/mol. The van der Waals surface area contributed by atoms with Crippen LogP contribution in [0.1, 0.15) is 42.0 Å². The number of sulfone groups is 1. The second-order valence-electron chi connectivity index (χ2n) is 7.22. The molecule has 0 unspecified atom stereocenters. The first-order valence-electron chi connectivity index (χ1n) is 9.48. The van der Waals surface area contributed by atoms with Gasteiger partial charge in [-0.3, -0.25) is 4.79 Å². The van der Waals surface area contributed by atoms with E-state index >= 15 is 0 Å². The summed E-state index contributed by atoms with van der Waals surface area (Å²) in [4.78, 5) is 12.7. The van der Waals surface area contributed by atoms with Crippen molar-refractivity contribution in [3.63, 3.8) is 0 Å². The Balaban J connectivity index is 2.10. The third-order valence-electron chi connectivity index (χ3n) is 5.09. The maximum Gasteiger partial charge on any atom is 0.263 e. The maximum atomic E-state index is 13.0. The van der Waals surface area contributed by atoms with Crippen LogP contribution in [0.5, 0.6) is 0 Å². The maximum absolute atomic E-state index is 13.0. The number of carbonyl (C=O) groups excluding carboxylic acids is 1. The molecule has 0 amide bonds. The van der Waals surface area contributed by atoms with Crippen molar-refractivity contribution in [3.8, 4) is 6.07 Å². The minimum Gasteiger partial charge on any atom is -0.358 e. The van der Waals surface area contributed by atoms with Gasteiger partial charge in [0, 0.05) is 35.2 Å². The van der Waals surface area contributed by atoms with Crippen molar-refractivity contribution in [2.45, 2.75) is 30.2 Å². The smallest absolute Gasteiger partial charge is 0.263 e. The van der Waals surface area contributed by atoms with E-state index in [1.807, 2.05) is 6.07 Å². The molecule has 0 fully saturated rings. The quantitative estimate of drug-likeness (QED) is 0.671. The highest BCUT2D eigenvalue weighted by atomic mass is 32.2. The van der Waals surface area contributed by atoms with Gasteiger partial charge in [0.1, 0.15) is 0 Å². The number of halogens is 2. The zero-order chi connectivity index (χ0) is 22.8. The molecule has 3 rings (SSSR count). The summed E-state index contributed by atoms with van der Waals surface area (Å²) in [6.45, 7) is 0. The standard InChI is InChI=1S/C22H21F2N3O3S/c1-26-21(16-7-6-13(12-25)10-19(16)31(2,29)30)20-17(8-9-18(20)28)27-15-5-3-4-14(11-15)22(23)24/h3-7,10-11,21-22,26-27H,8-9H2,1-2H3/t21-/m1/s1. The van der Waals surface area contributed by atoms with Gasteiger partial charge >= 0.3 is 0 Å². The molecular formula is C22H21F2N3O3S. The van der Waals surface area contributed by atoms with Crippen molar-refractivity contribution < 1.29 is 22.0 Å². The topological polar surface area (TPSA) is 99.1 Å². The van der Waals surface area contributed by atoms with E-state index < -0.39 is 22.3 Å². The molecule has 2 aromatic carbocycles. The number of likely N-dealkylation sites (N-methyl/N-ethyl adjacent to an activating group) is 1. The van der Waals surface area contributed by atoms with Crippen LogP contribution in [-0.4, -0.2) is 27.5 Å². The number of Topliss-reactive ketones (excluding diaryl/α,β-unsaturated/α-hetero) is 1. The molecule has 0 radical (unpaired) electrons. The minimum absolute atomic E-state index is 0.0443. The lowest BCUT2D eigenvalue weighted by atomic mass is 9.95. The largest absolute Gasteiger partial charge is 0.358 e. The molecule has 1 aliphatic rings. The Morgan fingerprint density at radius 2 is 1.87 bits per heavy atom. The average molecular weight is 445 g/mol. The van der Waals surface area contributed by atoms with Crippen LogP contribution >= 0.6 is 0 Å². The fourth-order valence-corrected chi connectivity index (χ4v) is 4.64. The van der Waals surface area contributed by atoms with Gasteiger partial charge in [-0.1, -0.05) is 18.2 Å². The van der Waals surface area contributed by atoms with E-state index in [9.17, 15) is 22.0 Å². The van der Waals surface area contributed by atoms with Crippen LogP contribution < -0.4 is 10.6 Å². The molecule has 0 aromatic heterocycles. The number of carbonyl (C=O) groups is 1. The summed E-state index contributed by atoms with van der Waals surface area (Å²) in [6, 6.07) is 11.2. The van der Waals surface area contributed by atoms with Gasteiger partial charge in [-0.15, -0.1) is 0 Å². The van der Waals surface area contributed by atoms with Crippen molar-refractivity contribution in [2.24, 2.45) is 0 Å². The number of allylic oxidation sites excluding steroid dienone is 1. The summed E-state index contributed by atoms with van der Waals surface area (Å²) in [5.41, 5.74) is 1.69. The van der Waals surface area contributed by atoms with Crippen LogP contribution in [0.3, 0.4) is 0 Å². The monoisotopic (exact) mass is 445 g/mol. The van der Waals surface area contributed by atoms with E-state index in [1.165, 1.54) is 36.4 Å². The number of alkyl halides is 2. The van der Waals surface area contributed by atoms with Crippen LogP contribution in [-0.2, 0) is 14.6 Å². The fourth-order valence-electron chi connectivity index (χ4n) is 3.69. The Morgan fingerprint density at radius 3 is 2.48 bits per heavy atom. The van der Waals surface area contributed by atoms with Gasteiger partial charge in [0.05, 0.1) is 22.6 Å². The second kappa shape index (κ2) is 8.96. The van der Waals surface area contributed by atoms with Crippen LogP contribution in [0.2, 0.25) is 0 Å². The molecule has 0 spiro atoms. The van der Waals surface area contributed by atoms with E-state index in [2.05, 4.69) is 10.6 Å². The predicted molar refractivity (Wildman–Crippen MR) is 112 cm³/mol. The number of hydrogen-bond donors (Lipinski definition) is 2. The molecule has 1 atom stereocenters. The molecule has 0 heterocycles. The molecule has 0 bridgehead atoms. The number of rotatable bonds is 7. The van der Waals surface area contributed by atoms with Crippen molar-refractivity contribution in [1.29, 1.82) is 5.26 Å². The van der Waals surface area contributed by atoms with E-state index in [0.717, 1.165) is 6.26 Å². The van der Waals surface area contributed by atoms with Gasteiger partial charge < -0.3 is 10.6 Å². The fraction of sp³-hybridized carbons (Fsp3) is 0.273. The number of benzene rings is 2. The second-order valence-corrected chi connectivity index (χ2v) is 9.21. The Morgan fingerprint density at radius 1 is 1.13 bits per heavy atom. The normalized spacial score (nSPS) is 15.3. The molecule has 9 heteroatoms. The van der Waals surface area contributed by atoms with E-state index in [0.29, 0.717) is 28.9 Å². The Bertz CT molecular complexity index is 1200. The lowest BCUT2D eigenvalue weighted by Crippen LogP contribution is -2.25. The number of ketones is 1. The van der Waals surface area contributed by atoms with Crippen molar-refractivity contribution >= 4 is 21.3 Å². The highest BCUT2D eigenvalue weighted by molar-refractivity contribution is 7.90. The summed E-state index contributed by atoms with van der Waals surface area (Å²) in [5.74, 6) is -0.171. The summed E-state index contributed by atoms with van der Waals surface area (Å²) in [7, 11) is -2.09. The Kier molecular flexibility index (Phi) is 6.53. The first-order chi connectivity index (χ1) is 14.7. The number of anilines is 1. The first-order valence-corrected chi connectivity index (χ1v) is 11.4. The SMILES string of the molecule is CN[C@@H](C1=C(Nc2cccc(C(F)F)c2)CCC1=O)c1ccc(C#N)cc1S(C)(=O)=O. The van der Waals surface area contributed by atoms with Gasteiger partial charge in [0.15, 0.2) is 15.6 Å². The summed E-state index contributed by atoms with van der Waals surface area (Å²) >= 11 is 0. The van der Waals surface area contributed by atoms with Gasteiger partial charge in [0.2, 0.25) is 0 Å². The van der Waals surface area contributed by atoms with Gasteiger partial charge in [-0.2, -0.15) is 5.26 Å². The lowest BCUT2D eigenvalue weighted by molar-refractivity contribution is -0.115. The van der Waals surface area contributed by atoms with Crippen LogP contribution in [0.15, 0.2) is 58.6 Å². The van der Waals surface area contributed by atoms with Crippen molar-refractivity contribution in [2.75, 3.05) is 18.6 Å². The number of hydrogen-bond acceptors (Lipinski definition) is 6. The van der Waals surface area contributed by atoms with Gasteiger partial charge in [-0.25, -0.2) is 17.2 Å². The number of nitrogens with one attached hydrogen (secondary N) is 2. The average Bonchev–Trinajstić information content (AvgIpc) is 3.08. The first kappa shape index (κ1) is 22.6. The molecule has 1 aliphatic carbocycles. The molecule has 2 aromatic rings. The number of nitriles is 1. The third kappa shape index (κ3) is 4.81. The van der Waals surface area contributed by atoms with E-state index in [1.54, 1.807) is 13.1 Å². The molecule has 162 valence electrons. The van der Waals surface area contributed by atoms with Gasteiger partial charge in [0.25, 0.3) is 6.43 Å². The van der Waals surface area contributed by atoms with E-state index in [-0.39, 0.29) is 28.2 Å². The molecule has 31 heavy (non-hydrogen) atoms. The van der Waals surface area contributed by atoms with Crippen LogP contribution in [0.4, 0.5) is 14.5 Å². The highest BCUT2D eigenvalue weighted by Gasteiger charge is 2.33. The zero-order valence-electron chi connectivity index (χ0n) is 16.9. The molecule has 6 nitrogen and oxygen atoms in total. The van der Waals surface area contributed by atoms with E-state index in [4.69, 9.17) is 5.26 Å². The van der Waals surface area contributed by atoms with Crippen molar-refractivity contribution in [3.05, 3.63) is 70.4 Å². The summed E-state index contributed by atoms with van der Waals surface area (Å²) in [5, 5.41) is 15.2. The van der Waals surface area contributed by atoms with Crippen molar-refractivity contribution in [1.82, 2.24) is 5.32 Å². The lowest BCUT2D eigenvalue weighted by Gasteiger charge is -2.22. The molecule has 0 saturated carbocycles. The third-order valence-corrected chi connectivity index (χ3v) is 6.24. The predicted octanol–water partition coefficient (Wildman–Crippen LogP) is 3.89. The zero-order valence-corrected chi connectivity index (χ0v) is 17.8.